The van der Waals surface area contributed by atoms with Gasteiger partial charge in [0, 0.05) is 22.8 Å². The van der Waals surface area contributed by atoms with Crippen molar-refractivity contribution >= 4 is 33.2 Å². The Kier molecular flexibility index (Phi) is 6.97. The third kappa shape index (κ3) is 5.75. The normalized spacial score (nSPS) is 11.0. The molecule has 0 heterocycles. The van der Waals surface area contributed by atoms with Crippen LogP contribution in [0.2, 0.25) is 5.02 Å². The first-order chi connectivity index (χ1) is 14.4. The van der Waals surface area contributed by atoms with Crippen LogP contribution in [-0.4, -0.2) is 28.0 Å². The Morgan fingerprint density at radius 1 is 1.00 bits per heavy atom. The van der Waals surface area contributed by atoms with E-state index in [0.717, 1.165) is 11.3 Å². The summed E-state index contributed by atoms with van der Waals surface area (Å²) < 4.78 is 32.8. The maximum Gasteiger partial charge on any atom is 0.261 e. The van der Waals surface area contributed by atoms with Crippen LogP contribution in [0.4, 0.5) is 5.69 Å². The number of hydrogen-bond donors (Lipinski definition) is 2. The number of anilines is 1. The molecule has 0 spiro atoms. The second-order valence-electron chi connectivity index (χ2n) is 6.49. The minimum Gasteiger partial charge on any atom is -0.497 e. The molecule has 3 rings (SSSR count). The van der Waals surface area contributed by atoms with Crippen LogP contribution in [0, 0.1) is 0 Å². The average molecular weight is 445 g/mol. The molecule has 0 aliphatic rings. The molecule has 0 aliphatic heterocycles. The molecule has 0 atom stereocenters. The van der Waals surface area contributed by atoms with Crippen molar-refractivity contribution < 1.29 is 17.9 Å². The summed E-state index contributed by atoms with van der Waals surface area (Å²) >= 11 is 5.82. The lowest BCUT2D eigenvalue weighted by Gasteiger charge is -2.10. The van der Waals surface area contributed by atoms with Crippen molar-refractivity contribution in [3.8, 4) is 5.75 Å². The molecular formula is C22H21ClN2O4S. The lowest BCUT2D eigenvalue weighted by atomic mass is 10.1. The van der Waals surface area contributed by atoms with Gasteiger partial charge < -0.3 is 10.1 Å². The van der Waals surface area contributed by atoms with Gasteiger partial charge in [-0.3, -0.25) is 9.52 Å². The second kappa shape index (κ2) is 9.65. The Hall–Kier alpha value is -3.03. The standard InChI is InChI=1S/C22H21ClN2O4S/c1-29-20-11-5-16(6-12-20)13-14-24-22(26)17-3-2-4-21(15-17)30(27,28)25-19-9-7-18(23)8-10-19/h2-12,15,25H,13-14H2,1H3,(H,24,26). The van der Waals surface area contributed by atoms with E-state index in [1.54, 1.807) is 37.4 Å². The first-order valence-corrected chi connectivity index (χ1v) is 11.0. The number of carbonyl (C=O) groups is 1. The van der Waals surface area contributed by atoms with E-state index in [1.165, 1.54) is 18.2 Å². The monoisotopic (exact) mass is 444 g/mol. The van der Waals surface area contributed by atoms with Crippen LogP contribution in [0.3, 0.4) is 0 Å². The maximum absolute atomic E-state index is 12.6. The van der Waals surface area contributed by atoms with Gasteiger partial charge in [0.1, 0.15) is 5.75 Å². The van der Waals surface area contributed by atoms with Gasteiger partial charge in [-0.15, -0.1) is 0 Å². The fraction of sp³-hybridized carbons (Fsp3) is 0.136. The Balaban J connectivity index is 1.63. The zero-order chi connectivity index (χ0) is 21.6. The van der Waals surface area contributed by atoms with Crippen molar-refractivity contribution in [1.29, 1.82) is 0 Å². The average Bonchev–Trinajstić information content (AvgIpc) is 2.76. The number of hydrogen-bond acceptors (Lipinski definition) is 4. The van der Waals surface area contributed by atoms with Gasteiger partial charge in [-0.25, -0.2) is 8.42 Å². The van der Waals surface area contributed by atoms with Crippen LogP contribution in [-0.2, 0) is 16.4 Å². The number of ether oxygens (including phenoxy) is 1. The third-order valence-electron chi connectivity index (χ3n) is 4.36. The van der Waals surface area contributed by atoms with Crippen LogP contribution >= 0.6 is 11.6 Å². The van der Waals surface area contributed by atoms with E-state index in [-0.39, 0.29) is 16.4 Å². The molecule has 0 radical (unpaired) electrons. The van der Waals surface area contributed by atoms with Gasteiger partial charge >= 0.3 is 0 Å². The second-order valence-corrected chi connectivity index (χ2v) is 8.61. The Bertz CT molecular complexity index is 1110. The molecule has 156 valence electrons. The lowest BCUT2D eigenvalue weighted by Crippen LogP contribution is -2.26. The molecule has 3 aromatic rings. The van der Waals surface area contributed by atoms with E-state index in [2.05, 4.69) is 10.0 Å². The van der Waals surface area contributed by atoms with Gasteiger partial charge in [-0.05, 0) is 66.6 Å². The zero-order valence-electron chi connectivity index (χ0n) is 16.3. The highest BCUT2D eigenvalue weighted by Crippen LogP contribution is 2.19. The molecule has 0 unspecified atom stereocenters. The third-order valence-corrected chi connectivity index (χ3v) is 5.99. The highest BCUT2D eigenvalue weighted by Gasteiger charge is 2.16. The van der Waals surface area contributed by atoms with Crippen molar-refractivity contribution in [3.05, 3.63) is 88.9 Å². The lowest BCUT2D eigenvalue weighted by molar-refractivity contribution is 0.0954. The maximum atomic E-state index is 12.6. The molecule has 0 bridgehead atoms. The van der Waals surface area contributed by atoms with Gasteiger partial charge in [0.15, 0.2) is 0 Å². The van der Waals surface area contributed by atoms with E-state index in [4.69, 9.17) is 16.3 Å². The first-order valence-electron chi connectivity index (χ1n) is 9.17. The number of rotatable bonds is 8. The van der Waals surface area contributed by atoms with E-state index >= 15 is 0 Å². The molecule has 2 N–H and O–H groups in total. The Morgan fingerprint density at radius 2 is 1.70 bits per heavy atom. The van der Waals surface area contributed by atoms with Crippen molar-refractivity contribution in [2.75, 3.05) is 18.4 Å². The summed E-state index contributed by atoms with van der Waals surface area (Å²) in [5, 5.41) is 3.32. The summed E-state index contributed by atoms with van der Waals surface area (Å²) in [6.07, 6.45) is 0.645. The summed E-state index contributed by atoms with van der Waals surface area (Å²) in [5.41, 5.74) is 1.71. The predicted octanol–water partition coefficient (Wildman–Crippen LogP) is 4.12. The zero-order valence-corrected chi connectivity index (χ0v) is 17.8. The molecule has 30 heavy (non-hydrogen) atoms. The minimum atomic E-state index is -3.84. The van der Waals surface area contributed by atoms with Crippen LogP contribution in [0.1, 0.15) is 15.9 Å². The summed E-state index contributed by atoms with van der Waals surface area (Å²) in [6, 6.07) is 19.8. The molecule has 0 aliphatic carbocycles. The largest absolute Gasteiger partial charge is 0.497 e. The molecule has 3 aromatic carbocycles. The van der Waals surface area contributed by atoms with Gasteiger partial charge in [0.2, 0.25) is 0 Å². The summed E-state index contributed by atoms with van der Waals surface area (Å²) in [7, 11) is -2.23. The molecule has 6 nitrogen and oxygen atoms in total. The van der Waals surface area contributed by atoms with Crippen LogP contribution in [0.25, 0.3) is 0 Å². The number of halogens is 1. The predicted molar refractivity (Wildman–Crippen MR) is 118 cm³/mol. The number of methoxy groups -OCH3 is 1. The number of sulfonamides is 1. The summed E-state index contributed by atoms with van der Waals surface area (Å²) in [4.78, 5) is 12.4. The molecular weight excluding hydrogens is 424 g/mol. The van der Waals surface area contributed by atoms with Crippen LogP contribution < -0.4 is 14.8 Å². The van der Waals surface area contributed by atoms with Gasteiger partial charge in [0.05, 0.1) is 12.0 Å². The Morgan fingerprint density at radius 3 is 2.37 bits per heavy atom. The van der Waals surface area contributed by atoms with Crippen LogP contribution in [0.15, 0.2) is 77.7 Å². The smallest absolute Gasteiger partial charge is 0.261 e. The fourth-order valence-electron chi connectivity index (χ4n) is 2.75. The van der Waals surface area contributed by atoms with Gasteiger partial charge in [-0.1, -0.05) is 29.8 Å². The molecule has 0 saturated heterocycles. The van der Waals surface area contributed by atoms with E-state index < -0.39 is 10.0 Å². The number of nitrogens with one attached hydrogen (secondary N) is 2. The molecule has 0 aromatic heterocycles. The summed E-state index contributed by atoms with van der Waals surface area (Å²) in [5.74, 6) is 0.431. The van der Waals surface area contributed by atoms with Crippen molar-refractivity contribution in [3.63, 3.8) is 0 Å². The highest BCUT2D eigenvalue weighted by atomic mass is 35.5. The number of benzene rings is 3. The summed E-state index contributed by atoms with van der Waals surface area (Å²) in [6.45, 7) is 0.422. The SMILES string of the molecule is COc1ccc(CCNC(=O)c2cccc(S(=O)(=O)Nc3ccc(Cl)cc3)c2)cc1. The van der Waals surface area contributed by atoms with E-state index in [9.17, 15) is 13.2 Å². The molecule has 8 heteroatoms. The number of amides is 1. The van der Waals surface area contributed by atoms with E-state index in [1.807, 2.05) is 24.3 Å². The van der Waals surface area contributed by atoms with Crippen molar-refractivity contribution in [2.45, 2.75) is 11.3 Å². The van der Waals surface area contributed by atoms with Gasteiger partial charge in [-0.2, -0.15) is 0 Å². The van der Waals surface area contributed by atoms with Gasteiger partial charge in [0.25, 0.3) is 15.9 Å². The van der Waals surface area contributed by atoms with Crippen molar-refractivity contribution in [1.82, 2.24) is 5.32 Å². The Labute approximate surface area is 180 Å². The first kappa shape index (κ1) is 21.7. The quantitative estimate of drug-likeness (QED) is 0.547. The fourth-order valence-corrected chi connectivity index (χ4v) is 3.98. The molecule has 0 saturated carbocycles. The molecule has 1 amide bonds. The van der Waals surface area contributed by atoms with Crippen LogP contribution in [0.5, 0.6) is 5.75 Å². The molecule has 0 fully saturated rings. The number of carbonyl (C=O) groups excluding carboxylic acids is 1. The highest BCUT2D eigenvalue weighted by molar-refractivity contribution is 7.92. The minimum absolute atomic E-state index is 0.000236. The van der Waals surface area contributed by atoms with Crippen molar-refractivity contribution in [2.24, 2.45) is 0 Å². The van der Waals surface area contributed by atoms with E-state index in [0.29, 0.717) is 23.7 Å². The topological polar surface area (TPSA) is 84.5 Å².